The number of aromatic nitrogens is 3. The molecule has 3 aromatic carbocycles. The Hall–Kier alpha value is -3.45. The highest BCUT2D eigenvalue weighted by Crippen LogP contribution is 2.29. The molecule has 0 saturated carbocycles. The Labute approximate surface area is 174 Å². The topological polar surface area (TPSA) is 50.7 Å². The number of hydrogen-bond donors (Lipinski definition) is 1. The molecule has 0 aliphatic heterocycles. The van der Waals surface area contributed by atoms with Gasteiger partial charge in [0.15, 0.2) is 5.16 Å². The molecule has 0 atom stereocenters. The molecule has 148 valence electrons. The summed E-state index contributed by atoms with van der Waals surface area (Å²) >= 11 is 1.19. The first-order valence-corrected chi connectivity index (χ1v) is 10.3. The summed E-state index contributed by atoms with van der Waals surface area (Å²) in [4.78, 5) is 21.2. The van der Waals surface area contributed by atoms with Crippen molar-refractivity contribution in [2.45, 2.75) is 10.9 Å². The van der Waals surface area contributed by atoms with E-state index in [2.05, 4.69) is 4.98 Å². The van der Waals surface area contributed by atoms with Crippen LogP contribution in [0.5, 0.6) is 0 Å². The number of hydrogen-bond acceptors (Lipinski definition) is 3. The lowest BCUT2D eigenvalue weighted by Gasteiger charge is -2.13. The molecule has 0 fully saturated rings. The van der Waals surface area contributed by atoms with Crippen LogP contribution >= 0.6 is 11.8 Å². The zero-order valence-electron chi connectivity index (χ0n) is 15.6. The molecule has 0 aliphatic rings. The Balaban J connectivity index is 1.75. The van der Waals surface area contributed by atoms with Crippen LogP contribution in [0.3, 0.4) is 0 Å². The molecule has 0 saturated heterocycles. The summed E-state index contributed by atoms with van der Waals surface area (Å²) in [6, 6.07) is 19.9. The van der Waals surface area contributed by atoms with Crippen molar-refractivity contribution in [3.05, 3.63) is 100 Å². The summed E-state index contributed by atoms with van der Waals surface area (Å²) in [5, 5.41) is 1.10. The number of fused-ring (bicyclic) bond motifs is 3. The van der Waals surface area contributed by atoms with Gasteiger partial charge in [-0.15, -0.1) is 0 Å². The average molecular weight is 419 g/mol. The number of aromatic amines is 1. The first kappa shape index (κ1) is 18.6. The van der Waals surface area contributed by atoms with E-state index < -0.39 is 11.4 Å². The van der Waals surface area contributed by atoms with Crippen LogP contribution in [0.1, 0.15) is 5.56 Å². The van der Waals surface area contributed by atoms with E-state index in [9.17, 15) is 13.6 Å². The third kappa shape index (κ3) is 3.07. The molecule has 1 N–H and O–H groups in total. The number of para-hydroxylation sites is 2. The first-order chi connectivity index (χ1) is 14.6. The van der Waals surface area contributed by atoms with Gasteiger partial charge in [-0.3, -0.25) is 9.36 Å². The van der Waals surface area contributed by atoms with Crippen LogP contribution < -0.4 is 5.56 Å². The van der Waals surface area contributed by atoms with Crippen LogP contribution in [-0.2, 0) is 5.75 Å². The molecule has 5 aromatic rings. The number of benzene rings is 3. The zero-order valence-corrected chi connectivity index (χ0v) is 16.4. The molecule has 30 heavy (non-hydrogen) atoms. The monoisotopic (exact) mass is 419 g/mol. The van der Waals surface area contributed by atoms with E-state index in [0.29, 0.717) is 21.8 Å². The molecule has 0 amide bonds. The second-order valence-electron chi connectivity index (χ2n) is 6.76. The highest BCUT2D eigenvalue weighted by atomic mass is 32.2. The van der Waals surface area contributed by atoms with Crippen LogP contribution in [0.15, 0.2) is 82.7 Å². The lowest BCUT2D eigenvalue weighted by molar-refractivity contribution is 0.607. The van der Waals surface area contributed by atoms with Crippen LogP contribution in [-0.4, -0.2) is 14.5 Å². The third-order valence-corrected chi connectivity index (χ3v) is 5.89. The van der Waals surface area contributed by atoms with Crippen LogP contribution in [0, 0.1) is 11.6 Å². The lowest BCUT2D eigenvalue weighted by atomic mass is 10.2. The number of nitrogens with zero attached hydrogens (tertiary/aromatic N) is 2. The van der Waals surface area contributed by atoms with Crippen molar-refractivity contribution in [3.63, 3.8) is 0 Å². The quantitative estimate of drug-likeness (QED) is 0.312. The van der Waals surface area contributed by atoms with Gasteiger partial charge in [0.05, 0.1) is 5.69 Å². The molecule has 0 spiro atoms. The fraction of sp³-hybridized carbons (Fsp3) is 0.0435. The summed E-state index contributed by atoms with van der Waals surface area (Å²) in [7, 11) is 0. The Morgan fingerprint density at radius 2 is 1.60 bits per heavy atom. The smallest absolute Gasteiger partial charge is 0.283 e. The van der Waals surface area contributed by atoms with Crippen molar-refractivity contribution in [2.75, 3.05) is 0 Å². The molecule has 4 nitrogen and oxygen atoms in total. The number of halogens is 2. The van der Waals surface area contributed by atoms with E-state index in [0.717, 1.165) is 10.9 Å². The minimum atomic E-state index is -0.537. The average Bonchev–Trinajstić information content (AvgIpc) is 3.13. The van der Waals surface area contributed by atoms with Crippen molar-refractivity contribution in [1.82, 2.24) is 14.5 Å². The Morgan fingerprint density at radius 3 is 2.40 bits per heavy atom. The Kier molecular flexibility index (Phi) is 4.59. The van der Waals surface area contributed by atoms with Gasteiger partial charge < -0.3 is 4.98 Å². The molecule has 2 aromatic heterocycles. The number of rotatable bonds is 4. The van der Waals surface area contributed by atoms with Crippen molar-refractivity contribution >= 4 is 33.7 Å². The summed E-state index contributed by atoms with van der Waals surface area (Å²) in [6.45, 7) is 0. The molecule has 0 bridgehead atoms. The van der Waals surface area contributed by atoms with Crippen LogP contribution in [0.25, 0.3) is 27.6 Å². The van der Waals surface area contributed by atoms with Gasteiger partial charge in [0, 0.05) is 16.7 Å². The van der Waals surface area contributed by atoms with Crippen molar-refractivity contribution in [2.24, 2.45) is 0 Å². The van der Waals surface area contributed by atoms with E-state index in [1.165, 1.54) is 34.5 Å². The predicted octanol–water partition coefficient (Wildman–Crippen LogP) is 5.44. The normalized spacial score (nSPS) is 11.4. The second-order valence-corrected chi connectivity index (χ2v) is 7.70. The molecule has 7 heteroatoms. The maximum atomic E-state index is 14.6. The van der Waals surface area contributed by atoms with Gasteiger partial charge in [0.25, 0.3) is 5.56 Å². The van der Waals surface area contributed by atoms with Gasteiger partial charge in [0.1, 0.15) is 22.7 Å². The first-order valence-electron chi connectivity index (χ1n) is 9.28. The molecular formula is C23H15F2N3OS. The minimum absolute atomic E-state index is 0.103. The summed E-state index contributed by atoms with van der Waals surface area (Å²) < 4.78 is 30.0. The van der Waals surface area contributed by atoms with Gasteiger partial charge in [-0.25, -0.2) is 13.8 Å². The molecule has 0 radical (unpaired) electrons. The molecule has 0 aliphatic carbocycles. The van der Waals surface area contributed by atoms with E-state index in [4.69, 9.17) is 4.98 Å². The second kappa shape index (κ2) is 7.42. The van der Waals surface area contributed by atoms with E-state index in [1.807, 2.05) is 24.3 Å². The maximum Gasteiger partial charge on any atom is 0.283 e. The highest BCUT2D eigenvalue weighted by molar-refractivity contribution is 7.98. The van der Waals surface area contributed by atoms with E-state index in [-0.39, 0.29) is 17.3 Å². The lowest BCUT2D eigenvalue weighted by Crippen LogP contribution is -2.22. The largest absolute Gasteiger partial charge is 0.349 e. The third-order valence-electron chi connectivity index (χ3n) is 4.90. The molecular weight excluding hydrogens is 404 g/mol. The summed E-state index contributed by atoms with van der Waals surface area (Å²) in [5.74, 6) is -0.621. The summed E-state index contributed by atoms with van der Waals surface area (Å²) in [6.07, 6.45) is 0. The predicted molar refractivity (Wildman–Crippen MR) is 115 cm³/mol. The fourth-order valence-electron chi connectivity index (χ4n) is 3.44. The van der Waals surface area contributed by atoms with Gasteiger partial charge in [-0.2, -0.15) is 0 Å². The van der Waals surface area contributed by atoms with Crippen LogP contribution in [0.4, 0.5) is 8.78 Å². The maximum absolute atomic E-state index is 14.6. The number of nitrogens with one attached hydrogen (secondary N) is 1. The number of thioether (sulfide) groups is 1. The highest BCUT2D eigenvalue weighted by Gasteiger charge is 2.19. The minimum Gasteiger partial charge on any atom is -0.349 e. The van der Waals surface area contributed by atoms with E-state index >= 15 is 0 Å². The standard InChI is InChI=1S/C23H15F2N3OS/c24-16-9-3-1-7-14(16)13-30-23-27-20-15-8-2-5-11-18(15)26-21(20)22(29)28(23)19-12-6-4-10-17(19)25/h1-12,26H,13H2. The van der Waals surface area contributed by atoms with Crippen molar-refractivity contribution in [3.8, 4) is 5.69 Å². The van der Waals surface area contributed by atoms with Gasteiger partial charge in [-0.05, 0) is 29.8 Å². The molecule has 5 rings (SSSR count). The molecule has 2 heterocycles. The summed E-state index contributed by atoms with van der Waals surface area (Å²) in [5.41, 5.74) is 1.77. The van der Waals surface area contributed by atoms with E-state index in [1.54, 1.807) is 30.3 Å². The zero-order chi connectivity index (χ0) is 20.7. The van der Waals surface area contributed by atoms with Gasteiger partial charge in [0.2, 0.25) is 0 Å². The Morgan fingerprint density at radius 1 is 0.900 bits per heavy atom. The molecule has 0 unspecified atom stereocenters. The van der Waals surface area contributed by atoms with Gasteiger partial charge in [-0.1, -0.05) is 60.3 Å². The Bertz CT molecular complexity index is 1460. The number of H-pyrrole nitrogens is 1. The van der Waals surface area contributed by atoms with Crippen LogP contribution in [0.2, 0.25) is 0 Å². The fourth-order valence-corrected chi connectivity index (χ4v) is 4.43. The SMILES string of the molecule is O=c1c2[nH]c3ccccc3c2nc(SCc2ccccc2F)n1-c1ccccc1F. The van der Waals surface area contributed by atoms with Crippen molar-refractivity contribution in [1.29, 1.82) is 0 Å². The van der Waals surface area contributed by atoms with Crippen molar-refractivity contribution < 1.29 is 8.78 Å². The van der Waals surface area contributed by atoms with Gasteiger partial charge >= 0.3 is 0 Å².